The summed E-state index contributed by atoms with van der Waals surface area (Å²) >= 11 is 0. The van der Waals surface area contributed by atoms with E-state index in [1.54, 1.807) is 24.3 Å². The molecule has 1 aromatic heterocycles. The molecule has 20 heavy (non-hydrogen) atoms. The molecule has 0 aliphatic carbocycles. The van der Waals surface area contributed by atoms with Crippen LogP contribution in [0.3, 0.4) is 0 Å². The Morgan fingerprint density at radius 1 is 1.05 bits per heavy atom. The molecule has 0 fully saturated rings. The molecule has 5 nitrogen and oxygen atoms in total. The Labute approximate surface area is 116 Å². The average Bonchev–Trinajstić information content (AvgIpc) is 3.00. The zero-order valence-electron chi connectivity index (χ0n) is 11.2. The minimum atomic E-state index is -0.352. The van der Waals surface area contributed by atoms with Gasteiger partial charge in [0.25, 0.3) is 0 Å². The maximum Gasteiger partial charge on any atom is 0.205 e. The van der Waals surface area contributed by atoms with Crippen molar-refractivity contribution in [2.75, 3.05) is 14.2 Å². The van der Waals surface area contributed by atoms with Gasteiger partial charge < -0.3 is 13.9 Å². The van der Waals surface area contributed by atoms with Crippen molar-refractivity contribution in [1.82, 2.24) is 0 Å². The van der Waals surface area contributed by atoms with Crippen molar-refractivity contribution < 1.29 is 23.5 Å². The number of carbonyl (C=O) groups excluding carboxylic acids is 2. The molecule has 2 rings (SSSR count). The van der Waals surface area contributed by atoms with E-state index < -0.39 is 0 Å². The van der Waals surface area contributed by atoms with Crippen LogP contribution in [0.25, 0.3) is 0 Å². The molecule has 1 aromatic carbocycles. The summed E-state index contributed by atoms with van der Waals surface area (Å²) < 4.78 is 15.2. The Kier molecular flexibility index (Phi) is 4.20. The van der Waals surface area contributed by atoms with E-state index in [1.165, 1.54) is 26.5 Å². The molecule has 0 saturated carbocycles. The van der Waals surface area contributed by atoms with Crippen molar-refractivity contribution in [1.29, 1.82) is 0 Å². The van der Waals surface area contributed by atoms with Gasteiger partial charge in [-0.05, 0) is 30.3 Å². The number of hydrogen-bond acceptors (Lipinski definition) is 5. The van der Waals surface area contributed by atoms with Crippen LogP contribution in [0.4, 0.5) is 0 Å². The molecule has 0 N–H and O–H groups in total. The van der Waals surface area contributed by atoms with Gasteiger partial charge >= 0.3 is 0 Å². The Bertz CT molecular complexity index is 613. The predicted octanol–water partition coefficient (Wildman–Crippen LogP) is 2.75. The van der Waals surface area contributed by atoms with Gasteiger partial charge in [0.15, 0.2) is 23.0 Å². The normalized spacial score (nSPS) is 10.1. The number of rotatable bonds is 6. The first kappa shape index (κ1) is 13.9. The van der Waals surface area contributed by atoms with Crippen LogP contribution in [0, 0.1) is 0 Å². The van der Waals surface area contributed by atoms with E-state index in [2.05, 4.69) is 0 Å². The number of ether oxygens (including phenoxy) is 2. The van der Waals surface area contributed by atoms with Crippen molar-refractivity contribution in [2.45, 2.75) is 6.42 Å². The molecular formula is C15H14O5. The van der Waals surface area contributed by atoms with E-state index in [1.807, 2.05) is 0 Å². The van der Waals surface area contributed by atoms with Crippen molar-refractivity contribution in [3.8, 4) is 11.5 Å². The lowest BCUT2D eigenvalue weighted by atomic mass is 10.0. The lowest BCUT2D eigenvalue weighted by molar-refractivity contribution is 0.0878. The molecule has 0 bridgehead atoms. The van der Waals surface area contributed by atoms with E-state index in [0.717, 1.165) is 0 Å². The Morgan fingerprint density at radius 3 is 2.40 bits per heavy atom. The Hall–Kier alpha value is -2.56. The van der Waals surface area contributed by atoms with E-state index in [4.69, 9.17) is 13.9 Å². The average molecular weight is 274 g/mol. The Balaban J connectivity index is 2.15. The van der Waals surface area contributed by atoms with Crippen molar-refractivity contribution in [3.05, 3.63) is 47.9 Å². The molecule has 0 aliphatic rings. The SMILES string of the molecule is COc1ccc(C(=O)CC(=O)c2ccco2)cc1OC. The van der Waals surface area contributed by atoms with Crippen LogP contribution in [0.1, 0.15) is 27.3 Å². The largest absolute Gasteiger partial charge is 0.493 e. The summed E-state index contributed by atoms with van der Waals surface area (Å²) in [5.74, 6) is 0.506. The van der Waals surface area contributed by atoms with E-state index in [0.29, 0.717) is 17.1 Å². The minimum absolute atomic E-state index is 0.179. The highest BCUT2D eigenvalue weighted by molar-refractivity contribution is 6.12. The van der Waals surface area contributed by atoms with Crippen LogP contribution in [0.5, 0.6) is 11.5 Å². The molecule has 0 spiro atoms. The highest BCUT2D eigenvalue weighted by Crippen LogP contribution is 2.28. The molecule has 0 atom stereocenters. The summed E-state index contributed by atoms with van der Waals surface area (Å²) in [5, 5.41) is 0. The van der Waals surface area contributed by atoms with Crippen LogP contribution >= 0.6 is 0 Å². The van der Waals surface area contributed by atoms with Gasteiger partial charge in [-0.25, -0.2) is 0 Å². The first-order valence-electron chi connectivity index (χ1n) is 5.97. The van der Waals surface area contributed by atoms with E-state index in [9.17, 15) is 9.59 Å². The van der Waals surface area contributed by atoms with Gasteiger partial charge in [-0.3, -0.25) is 9.59 Å². The molecule has 0 saturated heterocycles. The zero-order chi connectivity index (χ0) is 14.5. The molecule has 2 aromatic rings. The number of hydrogen-bond donors (Lipinski definition) is 0. The quantitative estimate of drug-likeness (QED) is 0.598. The van der Waals surface area contributed by atoms with Gasteiger partial charge in [0.05, 0.1) is 26.9 Å². The standard InChI is InChI=1S/C15H14O5/c1-18-14-6-5-10(8-15(14)19-2)11(16)9-12(17)13-4-3-7-20-13/h3-8H,9H2,1-2H3. The van der Waals surface area contributed by atoms with Gasteiger partial charge in [-0.15, -0.1) is 0 Å². The molecule has 0 amide bonds. The van der Waals surface area contributed by atoms with Crippen molar-refractivity contribution >= 4 is 11.6 Å². The molecule has 1 heterocycles. The monoisotopic (exact) mass is 274 g/mol. The zero-order valence-corrected chi connectivity index (χ0v) is 11.2. The maximum atomic E-state index is 12.1. The topological polar surface area (TPSA) is 65.7 Å². The smallest absolute Gasteiger partial charge is 0.205 e. The van der Waals surface area contributed by atoms with Crippen molar-refractivity contribution in [2.24, 2.45) is 0 Å². The summed E-state index contributed by atoms with van der Waals surface area (Å²) in [5.41, 5.74) is 0.391. The number of carbonyl (C=O) groups is 2. The third-order valence-corrected chi connectivity index (χ3v) is 2.82. The molecule has 0 unspecified atom stereocenters. The third-order valence-electron chi connectivity index (χ3n) is 2.82. The van der Waals surface area contributed by atoms with Crippen LogP contribution in [-0.4, -0.2) is 25.8 Å². The summed E-state index contributed by atoms with van der Waals surface area (Å²) in [7, 11) is 3.00. The molecule has 104 valence electrons. The van der Waals surface area contributed by atoms with Crippen molar-refractivity contribution in [3.63, 3.8) is 0 Å². The summed E-state index contributed by atoms with van der Waals surface area (Å²) in [6, 6.07) is 7.91. The summed E-state index contributed by atoms with van der Waals surface area (Å²) in [6.45, 7) is 0. The highest BCUT2D eigenvalue weighted by atomic mass is 16.5. The maximum absolute atomic E-state index is 12.1. The number of methoxy groups -OCH3 is 2. The summed E-state index contributed by atoms with van der Waals surface area (Å²) in [6.07, 6.45) is 1.15. The second-order valence-electron chi connectivity index (χ2n) is 4.07. The molecule has 5 heteroatoms. The predicted molar refractivity (Wildman–Crippen MR) is 71.5 cm³/mol. The lowest BCUT2D eigenvalue weighted by Crippen LogP contribution is -2.08. The fourth-order valence-corrected chi connectivity index (χ4v) is 1.78. The van der Waals surface area contributed by atoms with E-state index in [-0.39, 0.29) is 23.7 Å². The highest BCUT2D eigenvalue weighted by Gasteiger charge is 2.17. The number of ketones is 2. The van der Waals surface area contributed by atoms with Gasteiger partial charge in [0.1, 0.15) is 0 Å². The van der Waals surface area contributed by atoms with E-state index >= 15 is 0 Å². The number of benzene rings is 1. The Morgan fingerprint density at radius 2 is 1.80 bits per heavy atom. The van der Waals surface area contributed by atoms with Crippen LogP contribution in [-0.2, 0) is 0 Å². The van der Waals surface area contributed by atoms with Crippen LogP contribution < -0.4 is 9.47 Å². The summed E-state index contributed by atoms with van der Waals surface area (Å²) in [4.78, 5) is 23.9. The molecular weight excluding hydrogens is 260 g/mol. The first-order valence-corrected chi connectivity index (χ1v) is 5.97. The fraction of sp³-hybridized carbons (Fsp3) is 0.200. The number of Topliss-reactive ketones (excluding diaryl/α,β-unsaturated/α-hetero) is 2. The van der Waals surface area contributed by atoms with Gasteiger partial charge in [-0.1, -0.05) is 0 Å². The molecule has 0 aliphatic heterocycles. The first-order chi connectivity index (χ1) is 9.65. The second kappa shape index (κ2) is 6.06. The van der Waals surface area contributed by atoms with Crippen LogP contribution in [0.2, 0.25) is 0 Å². The van der Waals surface area contributed by atoms with Crippen LogP contribution in [0.15, 0.2) is 41.0 Å². The third kappa shape index (κ3) is 2.88. The second-order valence-corrected chi connectivity index (χ2v) is 4.07. The lowest BCUT2D eigenvalue weighted by Gasteiger charge is -2.08. The minimum Gasteiger partial charge on any atom is -0.493 e. The van der Waals surface area contributed by atoms with Gasteiger partial charge in [-0.2, -0.15) is 0 Å². The van der Waals surface area contributed by atoms with Gasteiger partial charge in [0.2, 0.25) is 5.78 Å². The van der Waals surface area contributed by atoms with Gasteiger partial charge in [0, 0.05) is 5.56 Å². The number of furan rings is 1. The molecule has 0 radical (unpaired) electrons. The fourth-order valence-electron chi connectivity index (χ4n) is 1.78.